The third kappa shape index (κ3) is 10.1. The highest BCUT2D eigenvalue weighted by Gasteiger charge is 2.53. The summed E-state index contributed by atoms with van der Waals surface area (Å²) in [6, 6.07) is -2.32. The van der Waals surface area contributed by atoms with Gasteiger partial charge in [0, 0.05) is 10.9 Å². The van der Waals surface area contributed by atoms with Gasteiger partial charge in [-0.2, -0.15) is 8.42 Å². The van der Waals surface area contributed by atoms with E-state index < -0.39 is 69.4 Å². The van der Waals surface area contributed by atoms with E-state index in [9.17, 15) is 27.6 Å². The van der Waals surface area contributed by atoms with Crippen LogP contribution in [0.5, 0.6) is 0 Å². The first-order chi connectivity index (χ1) is 20.3. The van der Waals surface area contributed by atoms with Crippen LogP contribution < -0.4 is 10.6 Å². The second-order valence-corrected chi connectivity index (χ2v) is 15.9. The summed E-state index contributed by atoms with van der Waals surface area (Å²) in [7, 11) is -4.61. The molecule has 17 heteroatoms. The van der Waals surface area contributed by atoms with Crippen LogP contribution in [0.3, 0.4) is 0 Å². The minimum Gasteiger partial charge on any atom is -0.466 e. The first-order valence-corrected chi connectivity index (χ1v) is 16.5. The van der Waals surface area contributed by atoms with Gasteiger partial charge < -0.3 is 24.9 Å². The van der Waals surface area contributed by atoms with Crippen molar-refractivity contribution in [2.24, 2.45) is 10.6 Å². The number of thiazole rings is 1. The molecule has 0 aromatic carbocycles. The highest BCUT2D eigenvalue weighted by molar-refractivity contribution is 7.85. The van der Waals surface area contributed by atoms with Crippen LogP contribution in [-0.2, 0) is 48.0 Å². The minimum atomic E-state index is -4.61. The van der Waals surface area contributed by atoms with Crippen molar-refractivity contribution in [3.05, 3.63) is 11.1 Å². The predicted molar refractivity (Wildman–Crippen MR) is 167 cm³/mol. The van der Waals surface area contributed by atoms with E-state index in [-0.39, 0.29) is 23.6 Å². The molecule has 2 N–H and O–H groups in total. The van der Waals surface area contributed by atoms with Crippen LogP contribution in [0.15, 0.2) is 10.5 Å². The number of hydrogen-bond acceptors (Lipinski definition) is 14. The number of β-lactam (4-membered cyclic amide) rings is 1. The number of amides is 2. The van der Waals surface area contributed by atoms with E-state index in [0.29, 0.717) is 9.44 Å². The number of carbonyl (C=O) groups is 4. The SMILES string of the molecule is CCOC(=O)C(C)(C)COS(=O)(=O)N1C(=O)[C@@H](NC(=O)/C(=N/OC(C)(C)C(=O)OC(C)(C)C)c2csc(NC(C)(C)C)n2)[C@@H]1C. The van der Waals surface area contributed by atoms with E-state index in [4.69, 9.17) is 18.5 Å². The Kier molecular flexibility index (Phi) is 11.4. The summed E-state index contributed by atoms with van der Waals surface area (Å²) < 4.78 is 41.5. The normalized spacial score (nSPS) is 18.2. The van der Waals surface area contributed by atoms with Crippen LogP contribution >= 0.6 is 11.3 Å². The van der Waals surface area contributed by atoms with Gasteiger partial charge in [-0.05, 0) is 83.1 Å². The van der Waals surface area contributed by atoms with E-state index in [0.717, 1.165) is 0 Å². The summed E-state index contributed by atoms with van der Waals surface area (Å²) in [5, 5.41) is 11.6. The molecule has 1 fully saturated rings. The molecule has 0 radical (unpaired) electrons. The molecular formula is C28H45N5O10S2. The van der Waals surface area contributed by atoms with Crippen LogP contribution in [0.1, 0.15) is 88.8 Å². The fourth-order valence-corrected chi connectivity index (χ4v) is 5.85. The molecule has 0 spiro atoms. The number of hydrogen-bond donors (Lipinski definition) is 2. The van der Waals surface area contributed by atoms with Gasteiger partial charge in [-0.15, -0.1) is 11.3 Å². The number of rotatable bonds is 13. The second kappa shape index (κ2) is 13.6. The van der Waals surface area contributed by atoms with Crippen molar-refractivity contribution in [2.45, 2.75) is 112 Å². The molecule has 1 aromatic heterocycles. The van der Waals surface area contributed by atoms with Crippen LogP contribution in [-0.4, -0.2) is 89.2 Å². The molecule has 2 rings (SSSR count). The van der Waals surface area contributed by atoms with Gasteiger partial charge in [-0.3, -0.25) is 18.6 Å². The lowest BCUT2D eigenvalue weighted by Crippen LogP contribution is -2.71. The Hall–Kier alpha value is -3.31. The van der Waals surface area contributed by atoms with Crippen molar-refractivity contribution in [3.63, 3.8) is 0 Å². The van der Waals surface area contributed by atoms with Gasteiger partial charge in [0.25, 0.3) is 11.8 Å². The maximum atomic E-state index is 13.5. The second-order valence-electron chi connectivity index (χ2n) is 13.6. The van der Waals surface area contributed by atoms with Crippen molar-refractivity contribution in [2.75, 3.05) is 18.5 Å². The third-order valence-electron chi connectivity index (χ3n) is 5.96. The Labute approximate surface area is 268 Å². The topological polar surface area (TPSA) is 192 Å². The molecule has 2 heterocycles. The minimum absolute atomic E-state index is 0.0812. The molecule has 2 atom stereocenters. The Morgan fingerprint density at radius 3 is 2.16 bits per heavy atom. The number of ether oxygens (including phenoxy) is 2. The highest BCUT2D eigenvalue weighted by Crippen LogP contribution is 2.28. The molecule has 0 aliphatic carbocycles. The summed E-state index contributed by atoms with van der Waals surface area (Å²) in [4.78, 5) is 61.2. The first kappa shape index (κ1) is 37.9. The molecule has 254 valence electrons. The van der Waals surface area contributed by atoms with Crippen LogP contribution in [0.25, 0.3) is 0 Å². The molecule has 1 aliphatic rings. The lowest BCUT2D eigenvalue weighted by molar-refractivity contribution is -0.179. The fraction of sp³-hybridized carbons (Fsp3) is 0.714. The molecule has 1 aromatic rings. The Morgan fingerprint density at radius 1 is 1.04 bits per heavy atom. The first-order valence-electron chi connectivity index (χ1n) is 14.3. The molecule has 0 unspecified atom stereocenters. The van der Waals surface area contributed by atoms with Gasteiger partial charge in [0.05, 0.1) is 24.7 Å². The number of oxime groups is 1. The van der Waals surface area contributed by atoms with Gasteiger partial charge >= 0.3 is 22.2 Å². The van der Waals surface area contributed by atoms with Crippen molar-refractivity contribution in [3.8, 4) is 0 Å². The number of esters is 2. The van der Waals surface area contributed by atoms with Crippen molar-refractivity contribution in [1.82, 2.24) is 14.6 Å². The molecule has 1 saturated heterocycles. The van der Waals surface area contributed by atoms with Gasteiger partial charge in [0.1, 0.15) is 17.3 Å². The van der Waals surface area contributed by atoms with E-state index in [1.165, 1.54) is 51.3 Å². The van der Waals surface area contributed by atoms with Crippen molar-refractivity contribution >= 4 is 56.2 Å². The number of aromatic nitrogens is 1. The Bertz CT molecular complexity index is 1420. The summed E-state index contributed by atoms with van der Waals surface area (Å²) in [6.07, 6.45) is 0. The maximum absolute atomic E-state index is 13.5. The number of anilines is 1. The van der Waals surface area contributed by atoms with Gasteiger partial charge in [0.2, 0.25) is 5.60 Å². The zero-order valence-electron chi connectivity index (χ0n) is 27.9. The Balaban J connectivity index is 2.29. The predicted octanol–water partition coefficient (Wildman–Crippen LogP) is 2.76. The summed E-state index contributed by atoms with van der Waals surface area (Å²) in [5.41, 5.74) is -4.35. The number of nitrogens with one attached hydrogen (secondary N) is 2. The standard InChI is InChI=1S/C28H45N5O10S2/c1-13-40-22(36)27(9,10)15-41-45(38,39)33-16(2)18(21(33)35)30-20(34)19(17-14-44-24(29-17)31-25(3,4)5)32-43-28(11,12)23(37)42-26(6,7)8/h14,16,18H,13,15H2,1-12H3,(H,29,31)(H,30,34)/b32-19+/t16-,18-/m0/s1. The number of nitrogens with zero attached hydrogens (tertiary/aromatic N) is 3. The monoisotopic (exact) mass is 675 g/mol. The zero-order chi connectivity index (χ0) is 34.8. The smallest absolute Gasteiger partial charge is 0.365 e. The Morgan fingerprint density at radius 2 is 1.64 bits per heavy atom. The zero-order valence-corrected chi connectivity index (χ0v) is 29.5. The highest BCUT2D eigenvalue weighted by atomic mass is 32.2. The fourth-order valence-electron chi connectivity index (χ4n) is 3.53. The lowest BCUT2D eigenvalue weighted by Gasteiger charge is -2.43. The van der Waals surface area contributed by atoms with Crippen molar-refractivity contribution < 1.29 is 46.1 Å². The van der Waals surface area contributed by atoms with Crippen LogP contribution in [0, 0.1) is 5.41 Å². The van der Waals surface area contributed by atoms with E-state index in [1.54, 1.807) is 27.7 Å². The molecular weight excluding hydrogens is 630 g/mol. The van der Waals surface area contributed by atoms with Crippen molar-refractivity contribution in [1.29, 1.82) is 0 Å². The summed E-state index contributed by atoms with van der Waals surface area (Å²) in [5.74, 6) is -3.27. The summed E-state index contributed by atoms with van der Waals surface area (Å²) in [6.45, 7) is 19.1. The molecule has 45 heavy (non-hydrogen) atoms. The number of carbonyl (C=O) groups excluding carboxylic acids is 4. The van der Waals surface area contributed by atoms with Gasteiger partial charge in [0.15, 0.2) is 10.8 Å². The molecule has 15 nitrogen and oxygen atoms in total. The average Bonchev–Trinajstić information content (AvgIpc) is 3.31. The molecule has 0 saturated carbocycles. The summed E-state index contributed by atoms with van der Waals surface area (Å²) >= 11 is 1.19. The van der Waals surface area contributed by atoms with E-state index in [2.05, 4.69) is 20.8 Å². The molecule has 1 aliphatic heterocycles. The van der Waals surface area contributed by atoms with Crippen LogP contribution in [0.2, 0.25) is 0 Å². The average molecular weight is 676 g/mol. The van der Waals surface area contributed by atoms with Gasteiger partial charge in [-0.1, -0.05) is 5.16 Å². The van der Waals surface area contributed by atoms with E-state index in [1.807, 2.05) is 20.8 Å². The quantitative estimate of drug-likeness (QED) is 0.135. The maximum Gasteiger partial charge on any atom is 0.365 e. The largest absolute Gasteiger partial charge is 0.466 e. The molecule has 2 amide bonds. The van der Waals surface area contributed by atoms with Crippen LogP contribution in [0.4, 0.5) is 5.13 Å². The lowest BCUT2D eigenvalue weighted by atomic mass is 9.95. The van der Waals surface area contributed by atoms with E-state index >= 15 is 0 Å². The third-order valence-corrected chi connectivity index (χ3v) is 8.13. The molecule has 0 bridgehead atoms. The van der Waals surface area contributed by atoms with Gasteiger partial charge in [-0.25, -0.2) is 14.1 Å².